The van der Waals surface area contributed by atoms with Crippen LogP contribution in [0.3, 0.4) is 0 Å². The highest BCUT2D eigenvalue weighted by Gasteiger charge is 2.40. The summed E-state index contributed by atoms with van der Waals surface area (Å²) in [4.78, 5) is 30.0. The summed E-state index contributed by atoms with van der Waals surface area (Å²) in [7, 11) is -2.45. The largest absolute Gasteiger partial charge is 0.497 e. The maximum atomic E-state index is 14.4. The zero-order valence-electron chi connectivity index (χ0n) is 26.2. The van der Waals surface area contributed by atoms with Gasteiger partial charge in [0.15, 0.2) is 0 Å². The Hall–Kier alpha value is -3.71. The molecule has 4 heterocycles. The van der Waals surface area contributed by atoms with Crippen LogP contribution in [0.5, 0.6) is 5.75 Å². The summed E-state index contributed by atoms with van der Waals surface area (Å²) in [6.07, 6.45) is 6.03. The van der Waals surface area contributed by atoms with Crippen LogP contribution >= 0.6 is 0 Å². The third-order valence-corrected chi connectivity index (χ3v) is 11.5. The summed E-state index contributed by atoms with van der Waals surface area (Å²) in [5.74, 6) is 0.115. The number of carbonyl (C=O) groups is 2. The molecule has 2 amide bonds. The Morgan fingerprint density at radius 2 is 1.61 bits per heavy atom. The van der Waals surface area contributed by atoms with Gasteiger partial charge in [-0.1, -0.05) is 25.3 Å². The number of hydrogen-bond donors (Lipinski definition) is 0. The van der Waals surface area contributed by atoms with Crippen LogP contribution in [-0.2, 0) is 31.0 Å². The monoisotopic (exact) mass is 648 g/mol. The van der Waals surface area contributed by atoms with Gasteiger partial charge < -0.3 is 23.7 Å². The minimum Gasteiger partial charge on any atom is -0.497 e. The molecule has 244 valence electrons. The first-order valence-corrected chi connectivity index (χ1v) is 17.6. The van der Waals surface area contributed by atoms with E-state index in [0.717, 1.165) is 51.3 Å². The van der Waals surface area contributed by atoms with Crippen LogP contribution in [0.25, 0.3) is 28.2 Å². The third-order valence-electron chi connectivity index (χ3n) is 9.57. The van der Waals surface area contributed by atoms with E-state index in [-0.39, 0.29) is 19.0 Å². The Labute approximate surface area is 269 Å². The number of amides is 2. The lowest BCUT2D eigenvalue weighted by atomic mass is 9.95. The second-order valence-corrected chi connectivity index (χ2v) is 14.1. The zero-order valence-corrected chi connectivity index (χ0v) is 27.0. The highest BCUT2D eigenvalue weighted by molar-refractivity contribution is 7.87. The number of carbonyl (C=O) groups excluding carboxylic acids is 2. The number of methoxy groups -OCH3 is 1. The fourth-order valence-electron chi connectivity index (χ4n) is 7.11. The molecule has 3 aromatic rings. The SMILES string of the molecule is COc1ccc2c(c1)C=C(C(=O)N1CCOCC1)Cn1c-2cc2ccc(C(=O)N(C3CCCCC3)S(=O)(=O)N3CCOCC3)cc21. The molecule has 46 heavy (non-hydrogen) atoms. The van der Waals surface area contributed by atoms with E-state index >= 15 is 0 Å². The standard InChI is InChI=1S/C34H40N4O7S/c1-43-29-9-10-30-26(20-29)19-27(33(39)35-11-15-44-16-12-35)23-37-31-22-25(8-7-24(31)21-32(30)37)34(40)38(28-5-3-2-4-6-28)46(41,42)36-13-17-45-18-14-36/h7-10,19-22,28H,2-6,11-18,23H2,1H3. The van der Waals surface area contributed by atoms with Gasteiger partial charge in [-0.2, -0.15) is 12.7 Å². The summed E-state index contributed by atoms with van der Waals surface area (Å²) >= 11 is 0. The topological polar surface area (TPSA) is 111 Å². The van der Waals surface area contributed by atoms with E-state index in [4.69, 9.17) is 14.2 Å². The molecule has 3 fully saturated rings. The second-order valence-electron chi connectivity index (χ2n) is 12.3. The summed E-state index contributed by atoms with van der Waals surface area (Å²) in [6, 6.07) is 12.9. The van der Waals surface area contributed by atoms with Gasteiger partial charge in [0, 0.05) is 59.8 Å². The first kappa shape index (κ1) is 30.9. The van der Waals surface area contributed by atoms with Crippen LogP contribution < -0.4 is 4.74 Å². The quantitative estimate of drug-likeness (QED) is 0.399. The number of ether oxygens (including phenoxy) is 3. The predicted octanol–water partition coefficient (Wildman–Crippen LogP) is 3.92. The number of hydrogen-bond acceptors (Lipinski definition) is 7. The molecule has 0 radical (unpaired) electrons. The van der Waals surface area contributed by atoms with E-state index in [2.05, 4.69) is 10.6 Å². The average Bonchev–Trinajstić information content (AvgIpc) is 3.37. The minimum atomic E-state index is -4.06. The van der Waals surface area contributed by atoms with Crippen molar-refractivity contribution in [1.82, 2.24) is 18.1 Å². The lowest BCUT2D eigenvalue weighted by molar-refractivity contribution is -0.131. The maximum absolute atomic E-state index is 14.4. The Bertz CT molecular complexity index is 1780. The van der Waals surface area contributed by atoms with Gasteiger partial charge in [-0.25, -0.2) is 4.31 Å². The molecule has 0 bridgehead atoms. The Morgan fingerprint density at radius 3 is 2.33 bits per heavy atom. The van der Waals surface area contributed by atoms with Crippen molar-refractivity contribution >= 4 is 39.0 Å². The maximum Gasteiger partial charge on any atom is 0.306 e. The van der Waals surface area contributed by atoms with E-state index in [1.165, 1.54) is 4.31 Å². The number of morpholine rings is 2. The van der Waals surface area contributed by atoms with Gasteiger partial charge in [-0.3, -0.25) is 9.59 Å². The van der Waals surface area contributed by atoms with E-state index < -0.39 is 22.2 Å². The third kappa shape index (κ3) is 5.72. The first-order chi connectivity index (χ1) is 22.3. The van der Waals surface area contributed by atoms with Crippen molar-refractivity contribution in [2.75, 3.05) is 59.7 Å². The summed E-state index contributed by atoms with van der Waals surface area (Å²) in [5.41, 5.74) is 4.39. The molecule has 1 saturated carbocycles. The van der Waals surface area contributed by atoms with Crippen LogP contribution in [0.1, 0.15) is 48.0 Å². The smallest absolute Gasteiger partial charge is 0.306 e. The first-order valence-electron chi connectivity index (χ1n) is 16.2. The van der Waals surface area contributed by atoms with E-state index in [1.54, 1.807) is 19.2 Å². The van der Waals surface area contributed by atoms with Crippen LogP contribution in [0.4, 0.5) is 0 Å². The Balaban J connectivity index is 1.31. The van der Waals surface area contributed by atoms with Gasteiger partial charge in [0.05, 0.1) is 45.8 Å². The fraction of sp³-hybridized carbons (Fsp3) is 0.471. The molecule has 0 unspecified atom stereocenters. The van der Waals surface area contributed by atoms with E-state index in [1.807, 2.05) is 35.2 Å². The zero-order chi connectivity index (χ0) is 31.8. The molecular formula is C34H40N4O7S. The van der Waals surface area contributed by atoms with Crippen LogP contribution in [-0.4, -0.2) is 104 Å². The summed E-state index contributed by atoms with van der Waals surface area (Å²) in [5, 5.41) is 0.897. The van der Waals surface area contributed by atoms with Gasteiger partial charge in [0.2, 0.25) is 0 Å². The van der Waals surface area contributed by atoms with Crippen molar-refractivity contribution < 1.29 is 32.2 Å². The van der Waals surface area contributed by atoms with Gasteiger partial charge in [0.1, 0.15) is 5.75 Å². The molecule has 2 saturated heterocycles. The highest BCUT2D eigenvalue weighted by atomic mass is 32.2. The lowest BCUT2D eigenvalue weighted by Crippen LogP contribution is -2.54. The summed E-state index contributed by atoms with van der Waals surface area (Å²) in [6.45, 7) is 3.39. The van der Waals surface area contributed by atoms with Crippen molar-refractivity contribution in [2.24, 2.45) is 0 Å². The number of nitrogens with zero attached hydrogens (tertiary/aromatic N) is 4. The number of aromatic nitrogens is 1. The predicted molar refractivity (Wildman–Crippen MR) is 174 cm³/mol. The molecule has 11 nitrogen and oxygen atoms in total. The summed E-state index contributed by atoms with van der Waals surface area (Å²) < 4.78 is 49.1. The Morgan fingerprint density at radius 1 is 0.891 bits per heavy atom. The number of fused-ring (bicyclic) bond motifs is 5. The second kappa shape index (κ2) is 12.8. The molecule has 1 aromatic heterocycles. The molecule has 2 aromatic carbocycles. The van der Waals surface area contributed by atoms with E-state index in [9.17, 15) is 18.0 Å². The number of rotatable bonds is 6. The minimum absolute atomic E-state index is 0.0564. The molecule has 7 rings (SSSR count). The van der Waals surface area contributed by atoms with Crippen LogP contribution in [0.15, 0.2) is 48.0 Å². The molecular weight excluding hydrogens is 608 g/mol. The van der Waals surface area contributed by atoms with Crippen molar-refractivity contribution in [2.45, 2.75) is 44.7 Å². The molecule has 12 heteroatoms. The van der Waals surface area contributed by atoms with Crippen molar-refractivity contribution in [1.29, 1.82) is 0 Å². The van der Waals surface area contributed by atoms with Crippen molar-refractivity contribution in [3.63, 3.8) is 0 Å². The average molecular weight is 649 g/mol. The van der Waals surface area contributed by atoms with Crippen LogP contribution in [0.2, 0.25) is 0 Å². The Kier molecular flexibility index (Phi) is 8.62. The van der Waals surface area contributed by atoms with Crippen LogP contribution in [0, 0.1) is 0 Å². The lowest BCUT2D eigenvalue weighted by Gasteiger charge is -2.38. The number of benzene rings is 2. The van der Waals surface area contributed by atoms with Gasteiger partial charge in [-0.15, -0.1) is 0 Å². The molecule has 0 N–H and O–H groups in total. The van der Waals surface area contributed by atoms with Crippen molar-refractivity contribution in [3.8, 4) is 17.0 Å². The normalized spacial score (nSPS) is 19.6. The molecule has 0 spiro atoms. The molecule has 3 aliphatic heterocycles. The highest BCUT2D eigenvalue weighted by Crippen LogP contribution is 2.38. The molecule has 1 aliphatic carbocycles. The van der Waals surface area contributed by atoms with Gasteiger partial charge in [-0.05, 0) is 60.9 Å². The van der Waals surface area contributed by atoms with Crippen molar-refractivity contribution in [3.05, 3.63) is 59.2 Å². The van der Waals surface area contributed by atoms with Gasteiger partial charge in [0.25, 0.3) is 11.8 Å². The molecule has 4 aliphatic rings. The van der Waals surface area contributed by atoms with E-state index in [0.29, 0.717) is 75.8 Å². The molecule has 0 atom stereocenters. The van der Waals surface area contributed by atoms with Gasteiger partial charge >= 0.3 is 10.2 Å². The fourth-order valence-corrected chi connectivity index (χ4v) is 8.87.